The molecule has 0 amide bonds. The molecule has 0 atom stereocenters. The fourth-order valence-electron chi connectivity index (χ4n) is 6.73. The third-order valence-corrected chi connectivity index (χ3v) is 11.2. The molecule has 46 heavy (non-hydrogen) atoms. The SMILES string of the molecule is N#Cc1cccc(-c2ccccc2)c1-c1cc(-c2ccc3c(c2)sc2ccccc23)cc(-c2ccc3sc4ccccc4c3c2)c1. The zero-order chi connectivity index (χ0) is 30.6. The third kappa shape index (κ3) is 4.43. The second-order valence-corrected chi connectivity index (χ2v) is 13.8. The van der Waals surface area contributed by atoms with Gasteiger partial charge in [-0.1, -0.05) is 97.1 Å². The zero-order valence-electron chi connectivity index (χ0n) is 24.7. The highest BCUT2D eigenvalue weighted by Crippen LogP contribution is 2.43. The van der Waals surface area contributed by atoms with E-state index in [-0.39, 0.29) is 0 Å². The number of nitrogens with zero attached hydrogens (tertiary/aromatic N) is 1. The van der Waals surface area contributed by atoms with Gasteiger partial charge in [0.1, 0.15) is 0 Å². The van der Waals surface area contributed by atoms with Crippen LogP contribution in [0.5, 0.6) is 0 Å². The van der Waals surface area contributed by atoms with E-state index in [9.17, 15) is 5.26 Å². The van der Waals surface area contributed by atoms with Crippen molar-refractivity contribution < 1.29 is 0 Å². The number of benzene rings is 7. The van der Waals surface area contributed by atoms with Crippen molar-refractivity contribution in [1.82, 2.24) is 0 Å². The molecule has 0 saturated heterocycles. The quantitative estimate of drug-likeness (QED) is 0.192. The maximum atomic E-state index is 10.4. The van der Waals surface area contributed by atoms with Gasteiger partial charge < -0.3 is 0 Å². The molecule has 7 aromatic carbocycles. The first-order chi connectivity index (χ1) is 22.7. The van der Waals surface area contributed by atoms with Crippen molar-refractivity contribution in [1.29, 1.82) is 5.26 Å². The van der Waals surface area contributed by atoms with E-state index in [0.717, 1.165) is 38.9 Å². The average molecular weight is 620 g/mol. The number of hydrogen-bond acceptors (Lipinski definition) is 3. The van der Waals surface area contributed by atoms with Crippen LogP contribution in [-0.4, -0.2) is 0 Å². The summed E-state index contributed by atoms with van der Waals surface area (Å²) in [7, 11) is 0. The summed E-state index contributed by atoms with van der Waals surface area (Å²) in [6.45, 7) is 0. The molecule has 0 fully saturated rings. The summed E-state index contributed by atoms with van der Waals surface area (Å²) >= 11 is 3.68. The average Bonchev–Trinajstić information content (AvgIpc) is 3.69. The highest BCUT2D eigenvalue weighted by Gasteiger charge is 2.17. The van der Waals surface area contributed by atoms with Crippen molar-refractivity contribution in [3.05, 3.63) is 157 Å². The van der Waals surface area contributed by atoms with Gasteiger partial charge in [0.05, 0.1) is 11.6 Å². The molecule has 0 aliphatic rings. The molecule has 0 saturated carbocycles. The first-order valence-corrected chi connectivity index (χ1v) is 16.9. The van der Waals surface area contributed by atoms with Gasteiger partial charge in [0.25, 0.3) is 0 Å². The van der Waals surface area contributed by atoms with Crippen molar-refractivity contribution in [2.45, 2.75) is 0 Å². The van der Waals surface area contributed by atoms with Crippen LogP contribution >= 0.6 is 22.7 Å². The lowest BCUT2D eigenvalue weighted by Crippen LogP contribution is -1.92. The van der Waals surface area contributed by atoms with Crippen LogP contribution in [0.1, 0.15) is 5.56 Å². The minimum absolute atomic E-state index is 0.670. The molecule has 0 bridgehead atoms. The van der Waals surface area contributed by atoms with Crippen LogP contribution in [0.2, 0.25) is 0 Å². The standard InChI is InChI=1S/C43H25NS2/c44-26-30-11-8-14-34(27-9-2-1-3-10-27)43(30)33-22-31(28-18-20-41-38(24-28)36-13-5-7-16-40(36)45-41)21-32(23-33)29-17-19-37-35-12-4-6-15-39(35)46-42(37)25-29/h1-25H. The Hall–Kier alpha value is -5.53. The highest BCUT2D eigenvalue weighted by molar-refractivity contribution is 7.26. The van der Waals surface area contributed by atoms with E-state index in [0.29, 0.717) is 5.56 Å². The molecule has 0 radical (unpaired) electrons. The van der Waals surface area contributed by atoms with E-state index in [4.69, 9.17) is 0 Å². The molecule has 3 heteroatoms. The Kier molecular flexibility index (Phi) is 6.31. The Bertz CT molecular complexity index is 2650. The van der Waals surface area contributed by atoms with Crippen LogP contribution < -0.4 is 0 Å². The lowest BCUT2D eigenvalue weighted by atomic mass is 9.87. The first kappa shape index (κ1) is 26.8. The van der Waals surface area contributed by atoms with Crippen LogP contribution in [0.4, 0.5) is 0 Å². The molecule has 214 valence electrons. The topological polar surface area (TPSA) is 23.8 Å². The molecular weight excluding hydrogens is 595 g/mol. The summed E-state index contributed by atoms with van der Waals surface area (Å²) in [5, 5.41) is 15.5. The molecule has 0 aliphatic carbocycles. The summed E-state index contributed by atoms with van der Waals surface area (Å²) in [6.07, 6.45) is 0. The molecule has 0 N–H and O–H groups in total. The third-order valence-electron chi connectivity index (χ3n) is 8.91. The number of rotatable bonds is 4. The maximum absolute atomic E-state index is 10.4. The number of thiophene rings is 2. The summed E-state index contributed by atoms with van der Waals surface area (Å²) in [5.41, 5.74) is 9.42. The van der Waals surface area contributed by atoms with Crippen molar-refractivity contribution in [3.63, 3.8) is 0 Å². The number of fused-ring (bicyclic) bond motifs is 6. The maximum Gasteiger partial charge on any atom is 0.0998 e. The van der Waals surface area contributed by atoms with Gasteiger partial charge in [0.2, 0.25) is 0 Å². The summed E-state index contributed by atoms with van der Waals surface area (Å²) in [5.74, 6) is 0. The molecule has 2 heterocycles. The summed E-state index contributed by atoms with van der Waals surface area (Å²) < 4.78 is 5.17. The van der Waals surface area contributed by atoms with Gasteiger partial charge in [-0.15, -0.1) is 22.7 Å². The van der Waals surface area contributed by atoms with Gasteiger partial charge in [0.15, 0.2) is 0 Å². The molecule has 0 spiro atoms. The Morgan fingerprint density at radius 3 is 1.72 bits per heavy atom. The van der Waals surface area contributed by atoms with Crippen molar-refractivity contribution >= 4 is 63.0 Å². The predicted octanol–water partition coefficient (Wildman–Crippen LogP) is 13.0. The van der Waals surface area contributed by atoms with Crippen molar-refractivity contribution in [2.24, 2.45) is 0 Å². The van der Waals surface area contributed by atoms with Crippen molar-refractivity contribution in [2.75, 3.05) is 0 Å². The number of nitriles is 1. The van der Waals surface area contributed by atoms with Gasteiger partial charge in [-0.25, -0.2) is 0 Å². The molecule has 1 nitrogen and oxygen atoms in total. The number of hydrogen-bond donors (Lipinski definition) is 0. The van der Waals surface area contributed by atoms with E-state index < -0.39 is 0 Å². The van der Waals surface area contributed by atoms with E-state index in [2.05, 4.69) is 140 Å². The molecule has 9 rings (SSSR count). The second-order valence-electron chi connectivity index (χ2n) is 11.6. The first-order valence-electron chi connectivity index (χ1n) is 15.3. The minimum atomic E-state index is 0.670. The molecule has 0 aliphatic heterocycles. The van der Waals surface area contributed by atoms with E-state index in [1.165, 1.54) is 45.9 Å². The lowest BCUT2D eigenvalue weighted by molar-refractivity contribution is 1.47. The Balaban J connectivity index is 1.31. The Labute approximate surface area is 274 Å². The fraction of sp³-hybridized carbons (Fsp3) is 0. The molecule has 9 aromatic rings. The van der Waals surface area contributed by atoms with Gasteiger partial charge >= 0.3 is 0 Å². The predicted molar refractivity (Wildman–Crippen MR) is 199 cm³/mol. The fourth-order valence-corrected chi connectivity index (χ4v) is 8.96. The van der Waals surface area contributed by atoms with Crippen LogP contribution in [0.3, 0.4) is 0 Å². The summed E-state index contributed by atoms with van der Waals surface area (Å²) in [6, 6.07) is 56.7. The van der Waals surface area contributed by atoms with Crippen LogP contribution in [0.25, 0.3) is 84.9 Å². The Morgan fingerprint density at radius 2 is 0.957 bits per heavy atom. The zero-order valence-corrected chi connectivity index (χ0v) is 26.3. The van der Waals surface area contributed by atoms with Gasteiger partial charge in [-0.05, 0) is 93.5 Å². The lowest BCUT2D eigenvalue weighted by Gasteiger charge is -2.16. The second kappa shape index (κ2) is 10.8. The van der Waals surface area contributed by atoms with Gasteiger partial charge in [0, 0.05) is 45.9 Å². The normalized spacial score (nSPS) is 11.5. The monoisotopic (exact) mass is 619 g/mol. The smallest absolute Gasteiger partial charge is 0.0998 e. The van der Waals surface area contributed by atoms with Gasteiger partial charge in [-0.2, -0.15) is 5.26 Å². The molecule has 2 aromatic heterocycles. The molecule has 0 unspecified atom stereocenters. The minimum Gasteiger partial charge on any atom is -0.192 e. The van der Waals surface area contributed by atoms with E-state index >= 15 is 0 Å². The Morgan fingerprint density at radius 1 is 0.370 bits per heavy atom. The van der Waals surface area contributed by atoms with Crippen LogP contribution in [0, 0.1) is 11.3 Å². The molecular formula is C43H25NS2. The highest BCUT2D eigenvalue weighted by atomic mass is 32.1. The van der Waals surface area contributed by atoms with Crippen LogP contribution in [0.15, 0.2) is 152 Å². The van der Waals surface area contributed by atoms with Gasteiger partial charge in [-0.3, -0.25) is 0 Å². The van der Waals surface area contributed by atoms with E-state index in [1.807, 2.05) is 40.9 Å². The van der Waals surface area contributed by atoms with E-state index in [1.54, 1.807) is 0 Å². The van der Waals surface area contributed by atoms with Crippen LogP contribution in [-0.2, 0) is 0 Å². The summed E-state index contributed by atoms with van der Waals surface area (Å²) in [4.78, 5) is 0. The largest absolute Gasteiger partial charge is 0.192 e. The van der Waals surface area contributed by atoms with Crippen molar-refractivity contribution in [3.8, 4) is 50.6 Å².